The number of benzene rings is 1. The van der Waals surface area contributed by atoms with Crippen molar-refractivity contribution >= 4 is 0 Å². The van der Waals surface area contributed by atoms with Crippen LogP contribution < -0.4 is 5.73 Å². The number of hydrogen-bond acceptors (Lipinski definition) is 1. The van der Waals surface area contributed by atoms with E-state index in [2.05, 4.69) is 6.92 Å². The molecular formula is C11H14FN. The molecule has 0 bridgehead atoms. The standard InChI is InChI=1S/C11H14FN/c1-11(6-7-11)10(13)8-4-2-3-5-9(8)12/h2-5,10H,6-7,13H2,1H3. The van der Waals surface area contributed by atoms with Crippen molar-refractivity contribution in [3.63, 3.8) is 0 Å². The summed E-state index contributed by atoms with van der Waals surface area (Å²) in [5.41, 5.74) is 6.79. The highest BCUT2D eigenvalue weighted by Gasteiger charge is 2.44. The first-order valence-electron chi connectivity index (χ1n) is 4.63. The van der Waals surface area contributed by atoms with Crippen LogP contribution in [0.1, 0.15) is 31.4 Å². The van der Waals surface area contributed by atoms with Gasteiger partial charge in [-0.2, -0.15) is 0 Å². The third-order valence-electron chi connectivity index (χ3n) is 3.03. The van der Waals surface area contributed by atoms with E-state index in [4.69, 9.17) is 5.73 Å². The summed E-state index contributed by atoms with van der Waals surface area (Å²) >= 11 is 0. The van der Waals surface area contributed by atoms with E-state index in [0.717, 1.165) is 12.8 Å². The molecule has 0 heterocycles. The van der Waals surface area contributed by atoms with Gasteiger partial charge in [0.1, 0.15) is 5.82 Å². The summed E-state index contributed by atoms with van der Waals surface area (Å²) < 4.78 is 13.3. The fourth-order valence-electron chi connectivity index (χ4n) is 1.61. The van der Waals surface area contributed by atoms with E-state index in [9.17, 15) is 4.39 Å². The number of halogens is 1. The molecule has 0 spiro atoms. The van der Waals surface area contributed by atoms with Gasteiger partial charge in [0.05, 0.1) is 0 Å². The zero-order valence-electron chi connectivity index (χ0n) is 7.76. The van der Waals surface area contributed by atoms with Crippen molar-refractivity contribution in [3.05, 3.63) is 35.6 Å². The maximum atomic E-state index is 13.3. The lowest BCUT2D eigenvalue weighted by Gasteiger charge is -2.19. The van der Waals surface area contributed by atoms with Crippen LogP contribution in [0.4, 0.5) is 4.39 Å². The fraction of sp³-hybridized carbons (Fsp3) is 0.455. The summed E-state index contributed by atoms with van der Waals surface area (Å²) in [4.78, 5) is 0. The molecule has 70 valence electrons. The Kier molecular flexibility index (Phi) is 1.88. The molecule has 1 aromatic rings. The quantitative estimate of drug-likeness (QED) is 0.742. The normalized spacial score (nSPS) is 21.2. The maximum Gasteiger partial charge on any atom is 0.127 e. The van der Waals surface area contributed by atoms with Gasteiger partial charge < -0.3 is 5.73 Å². The second kappa shape index (κ2) is 2.81. The van der Waals surface area contributed by atoms with Crippen LogP contribution in [0.25, 0.3) is 0 Å². The summed E-state index contributed by atoms with van der Waals surface area (Å²) in [6.07, 6.45) is 2.23. The zero-order chi connectivity index (χ0) is 9.47. The van der Waals surface area contributed by atoms with Gasteiger partial charge in [-0.05, 0) is 24.3 Å². The topological polar surface area (TPSA) is 26.0 Å². The molecule has 1 saturated carbocycles. The van der Waals surface area contributed by atoms with E-state index in [1.54, 1.807) is 12.1 Å². The lowest BCUT2D eigenvalue weighted by Crippen LogP contribution is -2.21. The highest BCUT2D eigenvalue weighted by atomic mass is 19.1. The van der Waals surface area contributed by atoms with Crippen molar-refractivity contribution in [2.24, 2.45) is 11.1 Å². The third kappa shape index (κ3) is 1.46. The Bertz CT molecular complexity index is 318. The predicted molar refractivity (Wildman–Crippen MR) is 50.7 cm³/mol. The molecule has 2 heteroatoms. The summed E-state index contributed by atoms with van der Waals surface area (Å²) in [6, 6.07) is 6.64. The largest absolute Gasteiger partial charge is 0.323 e. The second-order valence-corrected chi connectivity index (χ2v) is 4.15. The SMILES string of the molecule is CC1(C(N)c2ccccc2F)CC1. The number of hydrogen-bond donors (Lipinski definition) is 1. The fourth-order valence-corrected chi connectivity index (χ4v) is 1.61. The van der Waals surface area contributed by atoms with Gasteiger partial charge in [-0.3, -0.25) is 0 Å². The molecule has 1 fully saturated rings. The third-order valence-corrected chi connectivity index (χ3v) is 3.03. The number of rotatable bonds is 2. The van der Waals surface area contributed by atoms with Crippen molar-refractivity contribution in [2.75, 3.05) is 0 Å². The molecule has 0 saturated heterocycles. The molecule has 0 amide bonds. The van der Waals surface area contributed by atoms with Crippen LogP contribution in [0.3, 0.4) is 0 Å². The average molecular weight is 179 g/mol. The van der Waals surface area contributed by atoms with Crippen LogP contribution in [0.2, 0.25) is 0 Å². The Morgan fingerprint density at radius 2 is 2.00 bits per heavy atom. The van der Waals surface area contributed by atoms with Crippen LogP contribution >= 0.6 is 0 Å². The molecule has 1 aromatic carbocycles. The molecule has 1 aliphatic carbocycles. The van der Waals surface area contributed by atoms with Crippen molar-refractivity contribution in [2.45, 2.75) is 25.8 Å². The van der Waals surface area contributed by atoms with Gasteiger partial charge in [-0.15, -0.1) is 0 Å². The van der Waals surface area contributed by atoms with E-state index in [1.807, 2.05) is 6.07 Å². The van der Waals surface area contributed by atoms with Crippen LogP contribution in [0.15, 0.2) is 24.3 Å². The molecule has 2 N–H and O–H groups in total. The minimum atomic E-state index is -0.178. The lowest BCUT2D eigenvalue weighted by molar-refractivity contribution is 0.432. The highest BCUT2D eigenvalue weighted by molar-refractivity contribution is 5.24. The number of nitrogens with two attached hydrogens (primary N) is 1. The van der Waals surface area contributed by atoms with Gasteiger partial charge in [-0.1, -0.05) is 25.1 Å². The van der Waals surface area contributed by atoms with Crippen LogP contribution in [-0.4, -0.2) is 0 Å². The predicted octanol–water partition coefficient (Wildman–Crippen LogP) is 2.63. The zero-order valence-corrected chi connectivity index (χ0v) is 7.76. The van der Waals surface area contributed by atoms with E-state index in [-0.39, 0.29) is 17.3 Å². The molecule has 13 heavy (non-hydrogen) atoms. The lowest BCUT2D eigenvalue weighted by atomic mass is 9.92. The molecule has 2 rings (SSSR count). The Hall–Kier alpha value is -0.890. The molecule has 1 unspecified atom stereocenters. The van der Waals surface area contributed by atoms with E-state index in [0.29, 0.717) is 5.56 Å². The molecular weight excluding hydrogens is 165 g/mol. The van der Waals surface area contributed by atoms with E-state index >= 15 is 0 Å². The van der Waals surface area contributed by atoms with Gasteiger partial charge in [0.15, 0.2) is 0 Å². The minimum absolute atomic E-state index is 0.141. The summed E-state index contributed by atoms with van der Waals surface area (Å²) in [5.74, 6) is -0.178. The minimum Gasteiger partial charge on any atom is -0.323 e. The van der Waals surface area contributed by atoms with Crippen molar-refractivity contribution in [1.29, 1.82) is 0 Å². The Morgan fingerprint density at radius 3 is 2.54 bits per heavy atom. The van der Waals surface area contributed by atoms with Gasteiger partial charge in [-0.25, -0.2) is 4.39 Å². The first-order chi connectivity index (χ1) is 6.13. The maximum absolute atomic E-state index is 13.3. The van der Waals surface area contributed by atoms with Crippen LogP contribution in [0, 0.1) is 11.2 Å². The second-order valence-electron chi connectivity index (χ2n) is 4.15. The summed E-state index contributed by atoms with van der Waals surface area (Å²) in [6.45, 7) is 2.12. The molecule has 0 aliphatic heterocycles. The van der Waals surface area contributed by atoms with Crippen molar-refractivity contribution < 1.29 is 4.39 Å². The average Bonchev–Trinajstić information content (AvgIpc) is 2.85. The Labute approximate surface area is 77.8 Å². The van der Waals surface area contributed by atoms with Gasteiger partial charge in [0.2, 0.25) is 0 Å². The van der Waals surface area contributed by atoms with Gasteiger partial charge in [0, 0.05) is 11.6 Å². The van der Waals surface area contributed by atoms with Crippen molar-refractivity contribution in [1.82, 2.24) is 0 Å². The van der Waals surface area contributed by atoms with Gasteiger partial charge >= 0.3 is 0 Å². The van der Waals surface area contributed by atoms with Gasteiger partial charge in [0.25, 0.3) is 0 Å². The molecule has 1 nitrogen and oxygen atoms in total. The highest BCUT2D eigenvalue weighted by Crippen LogP contribution is 2.53. The summed E-state index contributed by atoms with van der Waals surface area (Å²) in [7, 11) is 0. The monoisotopic (exact) mass is 179 g/mol. The van der Waals surface area contributed by atoms with Crippen LogP contribution in [-0.2, 0) is 0 Å². The summed E-state index contributed by atoms with van der Waals surface area (Å²) in [5, 5.41) is 0. The molecule has 1 atom stereocenters. The smallest absolute Gasteiger partial charge is 0.127 e. The molecule has 1 aliphatic rings. The first-order valence-corrected chi connectivity index (χ1v) is 4.63. The Morgan fingerprint density at radius 1 is 1.38 bits per heavy atom. The molecule has 0 aromatic heterocycles. The van der Waals surface area contributed by atoms with Crippen LogP contribution in [0.5, 0.6) is 0 Å². The first kappa shape index (κ1) is 8.70. The van der Waals surface area contributed by atoms with E-state index in [1.165, 1.54) is 6.07 Å². The van der Waals surface area contributed by atoms with Crippen molar-refractivity contribution in [3.8, 4) is 0 Å². The van der Waals surface area contributed by atoms with E-state index < -0.39 is 0 Å². The Balaban J connectivity index is 2.30. The molecule has 0 radical (unpaired) electrons.